The third-order valence-corrected chi connectivity index (χ3v) is 8.20. The van der Waals surface area contributed by atoms with Gasteiger partial charge in [0.25, 0.3) is 0 Å². The lowest BCUT2D eigenvalue weighted by Gasteiger charge is -2.41. The highest BCUT2D eigenvalue weighted by molar-refractivity contribution is 5.72. The van der Waals surface area contributed by atoms with Gasteiger partial charge in [0.15, 0.2) is 0 Å². The number of carbonyl (C=O) groups excluding carboxylic acids is 1. The number of hydrogen-bond acceptors (Lipinski definition) is 2. The van der Waals surface area contributed by atoms with E-state index in [1.54, 1.807) is 0 Å². The number of carbonyl (C=O) groups is 1. The summed E-state index contributed by atoms with van der Waals surface area (Å²) in [6, 6.07) is 0. The molecule has 2 nitrogen and oxygen atoms in total. The van der Waals surface area contributed by atoms with E-state index in [9.17, 15) is 4.79 Å². The molecule has 0 aliphatic heterocycles. The van der Waals surface area contributed by atoms with Gasteiger partial charge in [0, 0.05) is 5.92 Å². The third kappa shape index (κ3) is 4.85. The molecular weight excluding hydrogens is 344 g/mol. The molecule has 0 saturated heterocycles. The second kappa shape index (κ2) is 9.81. The quantitative estimate of drug-likeness (QED) is 0.210. The monoisotopic (exact) mass is 388 g/mol. The van der Waals surface area contributed by atoms with Crippen molar-refractivity contribution in [1.82, 2.24) is 0 Å². The Morgan fingerprint density at radius 2 is 1.75 bits per heavy atom. The molecule has 0 amide bonds. The maximum Gasteiger partial charge on any atom is 0.309 e. The highest BCUT2D eigenvalue weighted by atomic mass is 16.6. The minimum Gasteiger partial charge on any atom is -0.459 e. The summed E-state index contributed by atoms with van der Waals surface area (Å²) in [7, 11) is 0. The van der Waals surface area contributed by atoms with Crippen molar-refractivity contribution in [2.45, 2.75) is 110 Å². The first-order valence-electron chi connectivity index (χ1n) is 12.4. The summed E-state index contributed by atoms with van der Waals surface area (Å²) in [5.74, 6) is 4.41. The number of allylic oxidation sites excluding steroid dienone is 2. The van der Waals surface area contributed by atoms with E-state index in [0.29, 0.717) is 5.92 Å². The van der Waals surface area contributed by atoms with Gasteiger partial charge < -0.3 is 4.74 Å². The van der Waals surface area contributed by atoms with E-state index < -0.39 is 0 Å². The largest absolute Gasteiger partial charge is 0.459 e. The minimum atomic E-state index is -0.295. The number of fused-ring (bicyclic) bond motifs is 5. The number of esters is 1. The molecule has 3 fully saturated rings. The molecule has 0 heterocycles. The van der Waals surface area contributed by atoms with Gasteiger partial charge in [0.05, 0.1) is 5.92 Å². The average molecular weight is 389 g/mol. The molecule has 3 aliphatic carbocycles. The fourth-order valence-electron chi connectivity index (χ4n) is 6.90. The molecule has 3 saturated carbocycles. The first kappa shape index (κ1) is 21.9. The van der Waals surface area contributed by atoms with Crippen LogP contribution in [0.25, 0.3) is 0 Å². The van der Waals surface area contributed by atoms with E-state index in [4.69, 9.17) is 4.74 Å². The van der Waals surface area contributed by atoms with Crippen LogP contribution in [0.3, 0.4) is 0 Å². The maximum atomic E-state index is 13.1. The van der Waals surface area contributed by atoms with Gasteiger partial charge in [-0.15, -0.1) is 0 Å². The van der Waals surface area contributed by atoms with Crippen LogP contribution >= 0.6 is 0 Å². The van der Waals surface area contributed by atoms with Crippen LogP contribution in [0.15, 0.2) is 12.2 Å². The van der Waals surface area contributed by atoms with Gasteiger partial charge in [-0.25, -0.2) is 0 Å². The average Bonchev–Trinajstić information content (AvgIpc) is 3.36. The van der Waals surface area contributed by atoms with Crippen molar-refractivity contribution in [3.63, 3.8) is 0 Å². The number of unbranched alkanes of at least 4 members (excludes halogenated alkanes) is 2. The summed E-state index contributed by atoms with van der Waals surface area (Å²) in [6.07, 6.45) is 19.2. The predicted octanol–water partition coefficient (Wildman–Crippen LogP) is 7.32. The van der Waals surface area contributed by atoms with Crippen molar-refractivity contribution in [2.75, 3.05) is 0 Å². The summed E-state index contributed by atoms with van der Waals surface area (Å²) in [6.45, 7) is 8.80. The van der Waals surface area contributed by atoms with E-state index in [1.807, 2.05) is 0 Å². The zero-order valence-electron chi connectivity index (χ0n) is 18.9. The van der Waals surface area contributed by atoms with Gasteiger partial charge in [0.1, 0.15) is 5.60 Å². The van der Waals surface area contributed by atoms with Crippen molar-refractivity contribution in [1.29, 1.82) is 0 Å². The van der Waals surface area contributed by atoms with Crippen LogP contribution in [0.5, 0.6) is 0 Å². The summed E-state index contributed by atoms with van der Waals surface area (Å²) in [5.41, 5.74) is -0.295. The molecule has 2 bridgehead atoms. The molecule has 3 rings (SSSR count). The highest BCUT2D eigenvalue weighted by Crippen LogP contribution is 2.63. The smallest absolute Gasteiger partial charge is 0.309 e. The van der Waals surface area contributed by atoms with Crippen LogP contribution < -0.4 is 0 Å². The van der Waals surface area contributed by atoms with E-state index in [-0.39, 0.29) is 17.5 Å². The zero-order valence-corrected chi connectivity index (χ0v) is 18.9. The van der Waals surface area contributed by atoms with Crippen molar-refractivity contribution in [2.24, 2.45) is 35.5 Å². The van der Waals surface area contributed by atoms with Crippen LogP contribution in [0.1, 0.15) is 105 Å². The summed E-state index contributed by atoms with van der Waals surface area (Å²) in [4.78, 5) is 13.1. The van der Waals surface area contributed by atoms with E-state index >= 15 is 0 Å². The van der Waals surface area contributed by atoms with Crippen LogP contribution in [-0.2, 0) is 9.53 Å². The van der Waals surface area contributed by atoms with E-state index in [0.717, 1.165) is 55.8 Å². The molecule has 0 aromatic carbocycles. The van der Waals surface area contributed by atoms with Gasteiger partial charge in [-0.3, -0.25) is 4.79 Å². The topological polar surface area (TPSA) is 26.3 Å². The maximum absolute atomic E-state index is 13.1. The molecule has 0 aromatic heterocycles. The Kier molecular flexibility index (Phi) is 7.67. The Morgan fingerprint density at radius 3 is 2.50 bits per heavy atom. The Labute approximate surface area is 173 Å². The van der Waals surface area contributed by atoms with Crippen molar-refractivity contribution < 1.29 is 9.53 Å². The fraction of sp³-hybridized carbons (Fsp3) is 0.885. The lowest BCUT2D eigenvalue weighted by atomic mass is 9.70. The summed E-state index contributed by atoms with van der Waals surface area (Å²) in [5, 5.41) is 0. The molecule has 0 aromatic rings. The molecule has 3 aliphatic rings. The first-order chi connectivity index (χ1) is 13.5. The Bertz CT molecular complexity index is 535. The normalized spacial score (nSPS) is 32.8. The van der Waals surface area contributed by atoms with Gasteiger partial charge >= 0.3 is 5.97 Å². The molecule has 6 atom stereocenters. The lowest BCUT2D eigenvalue weighted by molar-refractivity contribution is -0.171. The minimum absolute atomic E-state index is 0.0788. The van der Waals surface area contributed by atoms with Crippen LogP contribution in [-0.4, -0.2) is 11.6 Å². The number of rotatable bonds is 11. The van der Waals surface area contributed by atoms with Crippen molar-refractivity contribution in [3.05, 3.63) is 12.2 Å². The van der Waals surface area contributed by atoms with E-state index in [2.05, 4.69) is 39.8 Å². The third-order valence-electron chi connectivity index (χ3n) is 8.20. The van der Waals surface area contributed by atoms with Crippen LogP contribution in [0, 0.1) is 35.5 Å². The Morgan fingerprint density at radius 1 is 1.00 bits per heavy atom. The molecule has 0 N–H and O–H groups in total. The second-order valence-electron chi connectivity index (χ2n) is 10.5. The highest BCUT2D eigenvalue weighted by Gasteiger charge is 2.58. The number of ether oxygens (including phenoxy) is 1. The standard InChI is InChI=1S/C26H44O2/c1-5-7-8-9-10-11-14-19(13-6-2)25(27)28-26(3,4)24-18-20-17-23(24)22-16-12-15-21(20)22/h8-9,19-24H,5-7,10-18H2,1-4H3. The zero-order chi connectivity index (χ0) is 20.1. The van der Waals surface area contributed by atoms with E-state index in [1.165, 1.54) is 44.9 Å². The molecule has 6 unspecified atom stereocenters. The first-order valence-corrected chi connectivity index (χ1v) is 12.4. The van der Waals surface area contributed by atoms with Crippen LogP contribution in [0.4, 0.5) is 0 Å². The molecular formula is C26H44O2. The van der Waals surface area contributed by atoms with Crippen LogP contribution in [0.2, 0.25) is 0 Å². The predicted molar refractivity (Wildman–Crippen MR) is 117 cm³/mol. The van der Waals surface area contributed by atoms with Crippen molar-refractivity contribution in [3.8, 4) is 0 Å². The van der Waals surface area contributed by atoms with Gasteiger partial charge in [-0.1, -0.05) is 45.3 Å². The van der Waals surface area contributed by atoms with Crippen molar-refractivity contribution >= 4 is 5.97 Å². The molecule has 160 valence electrons. The summed E-state index contributed by atoms with van der Waals surface area (Å²) < 4.78 is 6.28. The molecule has 0 radical (unpaired) electrons. The Hall–Kier alpha value is -0.790. The molecule has 28 heavy (non-hydrogen) atoms. The SMILES string of the molecule is CCCC=CCCCC(CCC)C(=O)OC(C)(C)C1CC2CC1C1CCCC21. The lowest BCUT2D eigenvalue weighted by Crippen LogP contribution is -2.43. The van der Waals surface area contributed by atoms with Gasteiger partial charge in [0.2, 0.25) is 0 Å². The molecule has 0 spiro atoms. The fourth-order valence-corrected chi connectivity index (χ4v) is 6.90. The molecule has 2 heteroatoms. The van der Waals surface area contributed by atoms with Gasteiger partial charge in [-0.2, -0.15) is 0 Å². The number of hydrogen-bond donors (Lipinski definition) is 0. The Balaban J connectivity index is 1.52. The second-order valence-corrected chi connectivity index (χ2v) is 10.5. The summed E-state index contributed by atoms with van der Waals surface area (Å²) >= 11 is 0. The van der Waals surface area contributed by atoms with Gasteiger partial charge in [-0.05, 0) is 95.3 Å².